The Hall–Kier alpha value is -2.43. The molecule has 0 saturated heterocycles. The van der Waals surface area contributed by atoms with Crippen molar-refractivity contribution >= 4 is 5.97 Å². The second-order valence-corrected chi connectivity index (χ2v) is 3.36. The van der Waals surface area contributed by atoms with Gasteiger partial charge in [-0.2, -0.15) is 0 Å². The Morgan fingerprint density at radius 3 is 2.89 bits per heavy atom. The van der Waals surface area contributed by atoms with Crippen LogP contribution in [0.3, 0.4) is 0 Å². The molecule has 3 N–H and O–H groups in total. The minimum absolute atomic E-state index is 0.0738. The second-order valence-electron chi connectivity index (χ2n) is 3.36. The van der Waals surface area contributed by atoms with E-state index in [1.165, 1.54) is 6.07 Å². The molecule has 0 aliphatic rings. The molecular weight excluding hydrogens is 230 g/mol. The number of ether oxygens (including phenoxy) is 1. The molecule has 0 saturated carbocycles. The Kier molecular flexibility index (Phi) is 5.31. The van der Waals surface area contributed by atoms with Gasteiger partial charge in [0.25, 0.3) is 0 Å². The van der Waals surface area contributed by atoms with Gasteiger partial charge in [-0.05, 0) is 49.4 Å². The molecule has 0 fully saturated rings. The topological polar surface area (TPSA) is 72.5 Å². The van der Waals surface area contributed by atoms with Crippen LogP contribution in [-0.2, 0) is 11.2 Å². The SMILES string of the molecule is CC#CC#CC(=O)Oc1cc(CCN)ccc1O. The number of rotatable bonds is 3. The summed E-state index contributed by atoms with van der Waals surface area (Å²) < 4.78 is 4.91. The zero-order valence-electron chi connectivity index (χ0n) is 9.99. The third-order valence-corrected chi connectivity index (χ3v) is 2.01. The van der Waals surface area contributed by atoms with Gasteiger partial charge in [-0.15, -0.1) is 0 Å². The van der Waals surface area contributed by atoms with E-state index in [1.807, 2.05) is 0 Å². The highest BCUT2D eigenvalue weighted by Gasteiger charge is 2.07. The molecule has 0 aromatic heterocycles. The molecule has 0 heterocycles. The average Bonchev–Trinajstić information content (AvgIpc) is 2.34. The molecule has 1 rings (SSSR count). The number of phenols is 1. The highest BCUT2D eigenvalue weighted by atomic mass is 16.5. The lowest BCUT2D eigenvalue weighted by Crippen LogP contribution is -2.06. The molecule has 0 amide bonds. The predicted molar refractivity (Wildman–Crippen MR) is 67.7 cm³/mol. The zero-order valence-corrected chi connectivity index (χ0v) is 9.99. The van der Waals surface area contributed by atoms with Crippen LogP contribution in [0.2, 0.25) is 0 Å². The van der Waals surface area contributed by atoms with E-state index in [0.29, 0.717) is 13.0 Å². The normalized spacial score (nSPS) is 8.56. The lowest BCUT2D eigenvalue weighted by atomic mass is 10.1. The van der Waals surface area contributed by atoms with E-state index >= 15 is 0 Å². The summed E-state index contributed by atoms with van der Waals surface area (Å²) in [5.41, 5.74) is 6.30. The van der Waals surface area contributed by atoms with Crippen molar-refractivity contribution < 1.29 is 14.6 Å². The summed E-state index contributed by atoms with van der Waals surface area (Å²) in [5.74, 6) is 8.66. The van der Waals surface area contributed by atoms with Crippen LogP contribution >= 0.6 is 0 Å². The number of aromatic hydroxyl groups is 1. The van der Waals surface area contributed by atoms with Gasteiger partial charge in [-0.3, -0.25) is 0 Å². The fourth-order valence-electron chi connectivity index (χ4n) is 1.23. The quantitative estimate of drug-likeness (QED) is 0.357. The van der Waals surface area contributed by atoms with Crippen LogP contribution in [-0.4, -0.2) is 17.6 Å². The third-order valence-electron chi connectivity index (χ3n) is 2.01. The maximum atomic E-state index is 11.3. The van der Waals surface area contributed by atoms with Crippen molar-refractivity contribution in [1.29, 1.82) is 0 Å². The highest BCUT2D eigenvalue weighted by Crippen LogP contribution is 2.26. The van der Waals surface area contributed by atoms with Crippen LogP contribution in [0, 0.1) is 23.7 Å². The van der Waals surface area contributed by atoms with Gasteiger partial charge in [0.1, 0.15) is 0 Å². The number of hydrogen-bond donors (Lipinski definition) is 2. The van der Waals surface area contributed by atoms with Gasteiger partial charge in [0.2, 0.25) is 0 Å². The van der Waals surface area contributed by atoms with Gasteiger partial charge in [-0.1, -0.05) is 12.0 Å². The van der Waals surface area contributed by atoms with Crippen LogP contribution in [0.25, 0.3) is 0 Å². The lowest BCUT2D eigenvalue weighted by molar-refractivity contribution is -0.128. The van der Waals surface area contributed by atoms with E-state index in [2.05, 4.69) is 23.7 Å². The summed E-state index contributed by atoms with van der Waals surface area (Å²) in [4.78, 5) is 11.3. The molecule has 92 valence electrons. The maximum Gasteiger partial charge on any atom is 0.390 e. The van der Waals surface area contributed by atoms with E-state index in [4.69, 9.17) is 10.5 Å². The molecule has 4 heteroatoms. The van der Waals surface area contributed by atoms with Gasteiger partial charge < -0.3 is 15.6 Å². The number of carbonyl (C=O) groups excluding carboxylic acids is 1. The Morgan fingerprint density at radius 2 is 2.22 bits per heavy atom. The monoisotopic (exact) mass is 243 g/mol. The molecule has 0 spiro atoms. The van der Waals surface area contributed by atoms with Gasteiger partial charge in [0, 0.05) is 5.92 Å². The summed E-state index contributed by atoms with van der Waals surface area (Å²) >= 11 is 0. The number of esters is 1. The van der Waals surface area contributed by atoms with E-state index in [-0.39, 0.29) is 11.5 Å². The molecule has 0 radical (unpaired) electrons. The molecule has 1 aromatic carbocycles. The van der Waals surface area contributed by atoms with Gasteiger partial charge in [-0.25, -0.2) is 4.79 Å². The van der Waals surface area contributed by atoms with Crippen molar-refractivity contribution in [3.8, 4) is 35.2 Å². The van der Waals surface area contributed by atoms with Crippen LogP contribution in [0.1, 0.15) is 12.5 Å². The van der Waals surface area contributed by atoms with Crippen molar-refractivity contribution in [2.75, 3.05) is 6.54 Å². The Balaban J connectivity index is 2.83. The summed E-state index contributed by atoms with van der Waals surface area (Å²) in [6, 6.07) is 4.73. The van der Waals surface area contributed by atoms with Crippen LogP contribution in [0.4, 0.5) is 0 Å². The molecular formula is C14H13NO3. The van der Waals surface area contributed by atoms with E-state index < -0.39 is 5.97 Å². The summed E-state index contributed by atoms with van der Waals surface area (Å²) in [7, 11) is 0. The smallest absolute Gasteiger partial charge is 0.390 e. The first-order valence-electron chi connectivity index (χ1n) is 5.34. The lowest BCUT2D eigenvalue weighted by Gasteiger charge is -2.05. The standard InChI is InChI=1S/C14H13NO3/c1-2-3-4-5-14(17)18-13-10-11(8-9-15)6-7-12(13)16/h6-7,10,16H,8-9,15H2,1H3. The summed E-state index contributed by atoms with van der Waals surface area (Å²) in [6.07, 6.45) is 0.637. The molecule has 0 atom stereocenters. The maximum absolute atomic E-state index is 11.3. The van der Waals surface area contributed by atoms with Crippen molar-refractivity contribution in [2.24, 2.45) is 5.73 Å². The number of carbonyl (C=O) groups is 1. The van der Waals surface area contributed by atoms with Crippen LogP contribution < -0.4 is 10.5 Å². The molecule has 18 heavy (non-hydrogen) atoms. The Bertz CT molecular complexity index is 556. The fourth-order valence-corrected chi connectivity index (χ4v) is 1.23. The van der Waals surface area contributed by atoms with Crippen LogP contribution in [0.5, 0.6) is 11.5 Å². The first kappa shape index (κ1) is 13.6. The molecule has 1 aromatic rings. The van der Waals surface area contributed by atoms with E-state index in [9.17, 15) is 9.90 Å². The number of benzene rings is 1. The largest absolute Gasteiger partial charge is 0.504 e. The minimum Gasteiger partial charge on any atom is -0.504 e. The molecule has 0 aliphatic heterocycles. The molecule has 0 bridgehead atoms. The molecule has 4 nitrogen and oxygen atoms in total. The van der Waals surface area contributed by atoms with Crippen molar-refractivity contribution in [2.45, 2.75) is 13.3 Å². The molecule has 0 aliphatic carbocycles. The Labute approximate surface area is 106 Å². The fraction of sp³-hybridized carbons (Fsp3) is 0.214. The first-order chi connectivity index (χ1) is 8.67. The molecule has 0 unspecified atom stereocenters. The Morgan fingerprint density at radius 1 is 1.44 bits per heavy atom. The average molecular weight is 243 g/mol. The second kappa shape index (κ2) is 7.01. The number of phenolic OH excluding ortho intramolecular Hbond substituents is 1. The number of hydrogen-bond acceptors (Lipinski definition) is 4. The van der Waals surface area contributed by atoms with Crippen molar-refractivity contribution in [3.05, 3.63) is 23.8 Å². The van der Waals surface area contributed by atoms with Crippen molar-refractivity contribution in [3.63, 3.8) is 0 Å². The third kappa shape index (κ3) is 4.21. The predicted octanol–water partition coefficient (Wildman–Crippen LogP) is 0.825. The van der Waals surface area contributed by atoms with Crippen molar-refractivity contribution in [1.82, 2.24) is 0 Å². The highest BCUT2D eigenvalue weighted by molar-refractivity contribution is 5.91. The minimum atomic E-state index is -0.766. The summed E-state index contributed by atoms with van der Waals surface area (Å²) in [6.45, 7) is 2.09. The zero-order chi connectivity index (χ0) is 13.4. The van der Waals surface area contributed by atoms with E-state index in [0.717, 1.165) is 5.56 Å². The van der Waals surface area contributed by atoms with Gasteiger partial charge in [0.15, 0.2) is 11.5 Å². The van der Waals surface area contributed by atoms with Gasteiger partial charge >= 0.3 is 5.97 Å². The van der Waals surface area contributed by atoms with Gasteiger partial charge in [0.05, 0.1) is 0 Å². The van der Waals surface area contributed by atoms with E-state index in [1.54, 1.807) is 19.1 Å². The summed E-state index contributed by atoms with van der Waals surface area (Å²) in [5, 5.41) is 9.54. The van der Waals surface area contributed by atoms with Crippen LogP contribution in [0.15, 0.2) is 18.2 Å². The number of nitrogens with two attached hydrogens (primary N) is 1. The first-order valence-corrected chi connectivity index (χ1v) is 5.34.